The van der Waals surface area contributed by atoms with E-state index in [1.165, 1.54) is 0 Å². The molecule has 0 saturated heterocycles. The van der Waals surface area contributed by atoms with E-state index in [1.54, 1.807) is 6.07 Å². The molecular weight excluding hydrogens is 394 g/mol. The Morgan fingerprint density at radius 1 is 1.07 bits per heavy atom. The Balaban J connectivity index is 2.01. The summed E-state index contributed by atoms with van der Waals surface area (Å²) in [5.74, 6) is -2.65. The smallest absolute Gasteiger partial charge is 0.239 e. The minimum Gasteiger partial charge on any atom is -0.376 e. The molecule has 0 fully saturated rings. The number of carbonyl (C=O) groups excluding carboxylic acids is 2. The molecule has 5 nitrogen and oxygen atoms in total. The highest BCUT2D eigenvalue weighted by Gasteiger charge is 2.43. The van der Waals surface area contributed by atoms with Gasteiger partial charge >= 0.3 is 0 Å². The van der Waals surface area contributed by atoms with E-state index in [1.807, 2.05) is 54.6 Å². The Hall–Kier alpha value is -2.96. The molecule has 0 spiro atoms. The first-order chi connectivity index (χ1) is 13.5. The average molecular weight is 410 g/mol. The summed E-state index contributed by atoms with van der Waals surface area (Å²) < 4.78 is 0. The van der Waals surface area contributed by atoms with E-state index in [9.17, 15) is 9.59 Å². The molecule has 7 heteroatoms. The van der Waals surface area contributed by atoms with Crippen molar-refractivity contribution in [2.24, 2.45) is 11.7 Å². The summed E-state index contributed by atoms with van der Waals surface area (Å²) in [6, 6.07) is 18.8. The summed E-state index contributed by atoms with van der Waals surface area (Å²) in [7, 11) is 0. The van der Waals surface area contributed by atoms with Crippen molar-refractivity contribution in [3.63, 3.8) is 0 Å². The molecular formula is C21H16ClN3O2S. The second-order valence-electron chi connectivity index (χ2n) is 6.57. The lowest BCUT2D eigenvalue weighted by molar-refractivity contribution is -0.132. The van der Waals surface area contributed by atoms with E-state index in [-0.39, 0.29) is 5.11 Å². The van der Waals surface area contributed by atoms with Gasteiger partial charge in [0.1, 0.15) is 5.92 Å². The number of fused-ring (bicyclic) bond motifs is 3. The van der Waals surface area contributed by atoms with Crippen molar-refractivity contribution in [2.75, 3.05) is 5.32 Å². The number of nitrogens with one attached hydrogen (secondary N) is 2. The maximum atomic E-state index is 12.9. The standard InChI is InChI=1S/C21H16ClN3O2S/c22-14-8-4-3-7-13(14)17-16-12-6-2-1-5-11(12)9-10-15(16)24-19(26)18(17)20(27)25-21(23)28/h1-10,17-18H,(H,24,26)(H3,23,25,27,28). The highest BCUT2D eigenvalue weighted by Crippen LogP contribution is 2.46. The first-order valence-corrected chi connectivity index (χ1v) is 9.43. The Kier molecular flexibility index (Phi) is 4.75. The third-order valence-corrected chi connectivity index (χ3v) is 5.37. The molecule has 2 unspecified atom stereocenters. The Bertz CT molecular complexity index is 1130. The van der Waals surface area contributed by atoms with Crippen molar-refractivity contribution < 1.29 is 9.59 Å². The minimum atomic E-state index is -1.07. The number of rotatable bonds is 2. The lowest BCUT2D eigenvalue weighted by atomic mass is 9.75. The van der Waals surface area contributed by atoms with Crippen molar-refractivity contribution in [3.8, 4) is 0 Å². The molecule has 3 aromatic rings. The summed E-state index contributed by atoms with van der Waals surface area (Å²) in [4.78, 5) is 25.8. The van der Waals surface area contributed by atoms with Crippen LogP contribution in [0.5, 0.6) is 0 Å². The second-order valence-corrected chi connectivity index (χ2v) is 7.41. The van der Waals surface area contributed by atoms with Gasteiger partial charge in [0.2, 0.25) is 11.8 Å². The fourth-order valence-corrected chi connectivity index (χ4v) is 4.15. The van der Waals surface area contributed by atoms with Gasteiger partial charge in [0.05, 0.1) is 0 Å². The number of benzene rings is 3. The Labute approximate surface area is 171 Å². The van der Waals surface area contributed by atoms with E-state index < -0.39 is 23.7 Å². The number of thiocarbonyl (C=S) groups is 1. The molecule has 140 valence electrons. The molecule has 1 aliphatic heterocycles. The van der Waals surface area contributed by atoms with Crippen LogP contribution < -0.4 is 16.4 Å². The molecule has 28 heavy (non-hydrogen) atoms. The molecule has 1 heterocycles. The summed E-state index contributed by atoms with van der Waals surface area (Å²) >= 11 is 11.3. The Morgan fingerprint density at radius 2 is 1.79 bits per heavy atom. The van der Waals surface area contributed by atoms with Crippen LogP contribution in [0.2, 0.25) is 5.02 Å². The monoisotopic (exact) mass is 409 g/mol. The van der Waals surface area contributed by atoms with Gasteiger partial charge in [-0.2, -0.15) is 0 Å². The second kappa shape index (κ2) is 7.22. The van der Waals surface area contributed by atoms with E-state index in [0.717, 1.165) is 16.3 Å². The molecule has 1 aliphatic rings. The molecule has 4 rings (SSSR count). The first-order valence-electron chi connectivity index (χ1n) is 8.64. The summed E-state index contributed by atoms with van der Waals surface area (Å²) in [6.45, 7) is 0. The van der Waals surface area contributed by atoms with Crippen LogP contribution in [-0.2, 0) is 9.59 Å². The number of hydrogen-bond donors (Lipinski definition) is 3. The van der Waals surface area contributed by atoms with Crippen LogP contribution in [0.1, 0.15) is 17.0 Å². The van der Waals surface area contributed by atoms with Crippen LogP contribution in [0.25, 0.3) is 10.8 Å². The van der Waals surface area contributed by atoms with E-state index in [4.69, 9.17) is 29.6 Å². The summed E-state index contributed by atoms with van der Waals surface area (Å²) in [6.07, 6.45) is 0. The molecule has 0 aromatic heterocycles. The van der Waals surface area contributed by atoms with Gasteiger partial charge in [0.25, 0.3) is 0 Å². The fourth-order valence-electron chi connectivity index (χ4n) is 3.80. The van der Waals surface area contributed by atoms with Crippen molar-refractivity contribution in [1.29, 1.82) is 0 Å². The van der Waals surface area contributed by atoms with Gasteiger partial charge in [-0.3, -0.25) is 9.59 Å². The highest BCUT2D eigenvalue weighted by molar-refractivity contribution is 7.80. The number of hydrogen-bond acceptors (Lipinski definition) is 3. The SMILES string of the molecule is NC(=S)NC(=O)C1C(=O)Nc2ccc3ccccc3c2C1c1ccccc1Cl. The van der Waals surface area contributed by atoms with Gasteiger partial charge in [-0.05, 0) is 46.2 Å². The van der Waals surface area contributed by atoms with Crippen molar-refractivity contribution >= 4 is 57.2 Å². The predicted octanol–water partition coefficient (Wildman–Crippen LogP) is 3.55. The number of carbonyl (C=O) groups is 2. The lowest BCUT2D eigenvalue weighted by Crippen LogP contribution is -2.47. The van der Waals surface area contributed by atoms with E-state index in [0.29, 0.717) is 16.3 Å². The third-order valence-electron chi connectivity index (χ3n) is 4.92. The predicted molar refractivity (Wildman–Crippen MR) is 114 cm³/mol. The van der Waals surface area contributed by atoms with Gasteiger partial charge in [0, 0.05) is 16.6 Å². The molecule has 2 amide bonds. The van der Waals surface area contributed by atoms with Crippen molar-refractivity contribution in [2.45, 2.75) is 5.92 Å². The van der Waals surface area contributed by atoms with Gasteiger partial charge in [-0.1, -0.05) is 60.1 Å². The van der Waals surface area contributed by atoms with Crippen LogP contribution in [0.15, 0.2) is 60.7 Å². The van der Waals surface area contributed by atoms with Crippen LogP contribution in [0.3, 0.4) is 0 Å². The maximum Gasteiger partial charge on any atom is 0.239 e. The van der Waals surface area contributed by atoms with Gasteiger partial charge in [-0.15, -0.1) is 0 Å². The maximum absolute atomic E-state index is 12.9. The van der Waals surface area contributed by atoms with Crippen molar-refractivity contribution in [1.82, 2.24) is 5.32 Å². The van der Waals surface area contributed by atoms with Gasteiger partial charge in [0.15, 0.2) is 5.11 Å². The van der Waals surface area contributed by atoms with E-state index in [2.05, 4.69) is 10.6 Å². The normalized spacial score (nSPS) is 18.2. The fraction of sp³-hybridized carbons (Fsp3) is 0.0952. The minimum absolute atomic E-state index is 0.181. The molecule has 0 saturated carbocycles. The Morgan fingerprint density at radius 3 is 2.54 bits per heavy atom. The van der Waals surface area contributed by atoms with Crippen LogP contribution in [-0.4, -0.2) is 16.9 Å². The zero-order valence-electron chi connectivity index (χ0n) is 14.6. The van der Waals surface area contributed by atoms with Crippen LogP contribution >= 0.6 is 23.8 Å². The zero-order chi connectivity index (χ0) is 19.8. The molecule has 0 bridgehead atoms. The first kappa shape index (κ1) is 18.4. The topological polar surface area (TPSA) is 84.2 Å². The zero-order valence-corrected chi connectivity index (χ0v) is 16.2. The third kappa shape index (κ3) is 3.10. The van der Waals surface area contributed by atoms with E-state index >= 15 is 0 Å². The molecule has 2 atom stereocenters. The summed E-state index contributed by atoms with van der Waals surface area (Å²) in [5, 5.41) is 7.50. The number of amides is 2. The van der Waals surface area contributed by atoms with Crippen molar-refractivity contribution in [3.05, 3.63) is 76.8 Å². The largest absolute Gasteiger partial charge is 0.376 e. The van der Waals surface area contributed by atoms with Crippen LogP contribution in [0.4, 0.5) is 5.69 Å². The lowest BCUT2D eigenvalue weighted by Gasteiger charge is -2.34. The molecule has 3 aromatic carbocycles. The van der Waals surface area contributed by atoms with Gasteiger partial charge in [-0.25, -0.2) is 0 Å². The number of halogens is 1. The average Bonchev–Trinajstić information content (AvgIpc) is 2.66. The summed E-state index contributed by atoms with van der Waals surface area (Å²) in [5.41, 5.74) is 7.68. The highest BCUT2D eigenvalue weighted by atomic mass is 35.5. The number of anilines is 1. The molecule has 4 N–H and O–H groups in total. The van der Waals surface area contributed by atoms with Crippen LogP contribution in [0, 0.1) is 5.92 Å². The molecule has 0 aliphatic carbocycles. The molecule has 0 radical (unpaired) electrons. The van der Waals surface area contributed by atoms with Gasteiger partial charge < -0.3 is 16.4 Å². The quantitative estimate of drug-likeness (QED) is 0.446. The number of nitrogens with two attached hydrogens (primary N) is 1.